The largest absolute Gasteiger partial charge is 0.467 e. The predicted molar refractivity (Wildman–Crippen MR) is 77.7 cm³/mol. The first-order valence-corrected chi connectivity index (χ1v) is 6.94. The van der Waals surface area contributed by atoms with Gasteiger partial charge in [-0.1, -0.05) is 0 Å². The summed E-state index contributed by atoms with van der Waals surface area (Å²) in [6.45, 7) is -0.118. The molecular formula is C14H11F3N6O2. The number of rotatable bonds is 4. The molecule has 8 nitrogen and oxygen atoms in total. The highest BCUT2D eigenvalue weighted by molar-refractivity contribution is 5.93. The number of alkyl halides is 3. The fraction of sp³-hybridized carbons (Fsp3) is 0.214. The maximum Gasteiger partial charge on any atom is 0.420 e. The van der Waals surface area contributed by atoms with E-state index in [1.54, 1.807) is 0 Å². The zero-order chi connectivity index (χ0) is 18.0. The average Bonchev–Trinajstić information content (AvgIpc) is 3.02. The zero-order valence-electron chi connectivity index (χ0n) is 12.8. The molecule has 0 aromatic carbocycles. The molecule has 3 rings (SSSR count). The van der Waals surface area contributed by atoms with E-state index in [2.05, 4.69) is 25.5 Å². The van der Waals surface area contributed by atoms with E-state index in [1.807, 2.05) is 0 Å². The summed E-state index contributed by atoms with van der Waals surface area (Å²) in [5.74, 6) is -0.352. The summed E-state index contributed by atoms with van der Waals surface area (Å²) in [6, 6.07) is 2.27. The van der Waals surface area contributed by atoms with Crippen LogP contribution in [0.25, 0.3) is 5.65 Å². The van der Waals surface area contributed by atoms with Crippen molar-refractivity contribution in [3.05, 3.63) is 47.7 Å². The van der Waals surface area contributed by atoms with E-state index in [0.29, 0.717) is 0 Å². The van der Waals surface area contributed by atoms with Gasteiger partial charge in [0.25, 0.3) is 5.91 Å². The number of aromatic nitrogens is 5. The summed E-state index contributed by atoms with van der Waals surface area (Å²) in [5.41, 5.74) is -1.05. The number of nitrogens with zero attached hydrogens (tertiary/aromatic N) is 5. The average molecular weight is 352 g/mol. The van der Waals surface area contributed by atoms with Crippen molar-refractivity contribution in [1.82, 2.24) is 29.9 Å². The highest BCUT2D eigenvalue weighted by Gasteiger charge is 2.34. The van der Waals surface area contributed by atoms with Crippen LogP contribution < -0.4 is 10.1 Å². The van der Waals surface area contributed by atoms with Crippen molar-refractivity contribution < 1.29 is 22.7 Å². The predicted octanol–water partition coefficient (Wildman–Crippen LogP) is 1.48. The van der Waals surface area contributed by atoms with Crippen molar-refractivity contribution in [3.8, 4) is 6.01 Å². The number of carbonyl (C=O) groups is 1. The third-order valence-corrected chi connectivity index (χ3v) is 3.29. The van der Waals surface area contributed by atoms with Crippen molar-refractivity contribution in [3.63, 3.8) is 0 Å². The van der Waals surface area contributed by atoms with Crippen LogP contribution in [-0.2, 0) is 12.7 Å². The quantitative estimate of drug-likeness (QED) is 0.764. The molecule has 11 heteroatoms. The molecule has 0 atom stereocenters. The molecule has 0 unspecified atom stereocenters. The summed E-state index contributed by atoms with van der Waals surface area (Å²) >= 11 is 0. The van der Waals surface area contributed by atoms with E-state index in [4.69, 9.17) is 4.74 Å². The Morgan fingerprint density at radius 3 is 2.64 bits per heavy atom. The highest BCUT2D eigenvalue weighted by Crippen LogP contribution is 2.31. The van der Waals surface area contributed by atoms with Gasteiger partial charge >= 0.3 is 12.2 Å². The summed E-state index contributed by atoms with van der Waals surface area (Å²) in [7, 11) is 1.39. The lowest BCUT2D eigenvalue weighted by atomic mass is 10.2. The summed E-state index contributed by atoms with van der Waals surface area (Å²) in [5, 5.41) is 9.79. The summed E-state index contributed by atoms with van der Waals surface area (Å²) < 4.78 is 44.8. The Bertz CT molecular complexity index is 907. The highest BCUT2D eigenvalue weighted by atomic mass is 19.4. The van der Waals surface area contributed by atoms with Gasteiger partial charge in [0.05, 0.1) is 19.2 Å². The van der Waals surface area contributed by atoms with Crippen LogP contribution in [-0.4, -0.2) is 37.6 Å². The van der Waals surface area contributed by atoms with Crippen LogP contribution in [0.5, 0.6) is 6.01 Å². The number of halogens is 3. The van der Waals surface area contributed by atoms with Crippen molar-refractivity contribution in [2.45, 2.75) is 12.7 Å². The van der Waals surface area contributed by atoms with E-state index in [9.17, 15) is 18.0 Å². The van der Waals surface area contributed by atoms with Gasteiger partial charge in [0, 0.05) is 18.6 Å². The molecule has 0 spiro atoms. The molecule has 0 radical (unpaired) electrons. The minimum Gasteiger partial charge on any atom is -0.467 e. The number of methoxy groups -OCH3 is 1. The molecule has 1 amide bonds. The minimum atomic E-state index is -4.55. The monoisotopic (exact) mass is 352 g/mol. The Kier molecular flexibility index (Phi) is 4.21. The molecular weight excluding hydrogens is 341 g/mol. The second kappa shape index (κ2) is 6.34. The Hall–Kier alpha value is -3.24. The molecule has 3 aromatic rings. The van der Waals surface area contributed by atoms with Crippen LogP contribution in [0.4, 0.5) is 13.2 Å². The van der Waals surface area contributed by atoms with Gasteiger partial charge in [0.1, 0.15) is 5.56 Å². The van der Waals surface area contributed by atoms with Crippen LogP contribution in [0, 0.1) is 0 Å². The maximum atomic E-state index is 12.9. The van der Waals surface area contributed by atoms with Crippen LogP contribution in [0.15, 0.2) is 30.7 Å². The Labute approximate surface area is 138 Å². The number of nitrogens with one attached hydrogen (secondary N) is 1. The number of hydrogen-bond acceptors (Lipinski definition) is 6. The lowest BCUT2D eigenvalue weighted by Gasteiger charge is -2.08. The Morgan fingerprint density at radius 2 is 2.00 bits per heavy atom. The van der Waals surface area contributed by atoms with Crippen LogP contribution in [0.3, 0.4) is 0 Å². The second-order valence-electron chi connectivity index (χ2n) is 4.87. The van der Waals surface area contributed by atoms with Gasteiger partial charge in [-0.25, -0.2) is 9.97 Å². The van der Waals surface area contributed by atoms with E-state index in [1.165, 1.54) is 36.2 Å². The third kappa shape index (κ3) is 3.34. The first-order chi connectivity index (χ1) is 11.9. The SMILES string of the molecule is COc1ncc(C(=O)NCc2nnc3c(C(F)(F)F)cccn23)cn1. The lowest BCUT2D eigenvalue weighted by Crippen LogP contribution is -2.24. The molecule has 1 N–H and O–H groups in total. The first-order valence-electron chi connectivity index (χ1n) is 6.94. The van der Waals surface area contributed by atoms with Crippen molar-refractivity contribution >= 4 is 11.6 Å². The van der Waals surface area contributed by atoms with Gasteiger partial charge in [-0.05, 0) is 12.1 Å². The Morgan fingerprint density at radius 1 is 1.28 bits per heavy atom. The lowest BCUT2D eigenvalue weighted by molar-refractivity contribution is -0.136. The number of ether oxygens (including phenoxy) is 1. The smallest absolute Gasteiger partial charge is 0.420 e. The third-order valence-electron chi connectivity index (χ3n) is 3.29. The molecule has 3 aromatic heterocycles. The minimum absolute atomic E-state index is 0.111. The van der Waals surface area contributed by atoms with Crippen LogP contribution in [0.2, 0.25) is 0 Å². The van der Waals surface area contributed by atoms with Gasteiger partial charge in [0.15, 0.2) is 11.5 Å². The first kappa shape index (κ1) is 16.6. The molecule has 25 heavy (non-hydrogen) atoms. The van der Waals surface area contributed by atoms with E-state index in [-0.39, 0.29) is 29.6 Å². The molecule has 0 saturated heterocycles. The topological polar surface area (TPSA) is 94.3 Å². The Balaban J connectivity index is 1.78. The molecule has 130 valence electrons. The molecule has 0 bridgehead atoms. The van der Waals surface area contributed by atoms with Crippen molar-refractivity contribution in [2.24, 2.45) is 0 Å². The zero-order valence-corrected chi connectivity index (χ0v) is 12.8. The molecule has 0 aliphatic carbocycles. The van der Waals surface area contributed by atoms with Gasteiger partial charge in [-0.2, -0.15) is 13.2 Å². The van der Waals surface area contributed by atoms with E-state index >= 15 is 0 Å². The van der Waals surface area contributed by atoms with Gasteiger partial charge in [-0.3, -0.25) is 9.20 Å². The van der Waals surface area contributed by atoms with E-state index in [0.717, 1.165) is 6.07 Å². The van der Waals surface area contributed by atoms with Crippen LogP contribution >= 0.6 is 0 Å². The number of carbonyl (C=O) groups excluding carboxylic acids is 1. The molecule has 0 aliphatic heterocycles. The van der Waals surface area contributed by atoms with Crippen LogP contribution in [0.1, 0.15) is 21.7 Å². The molecule has 0 saturated carbocycles. The fourth-order valence-electron chi connectivity index (χ4n) is 2.11. The number of fused-ring (bicyclic) bond motifs is 1. The number of amides is 1. The summed E-state index contributed by atoms with van der Waals surface area (Å²) in [4.78, 5) is 19.6. The summed E-state index contributed by atoms with van der Waals surface area (Å²) in [6.07, 6.45) is -0.616. The van der Waals surface area contributed by atoms with Gasteiger partial charge in [-0.15, -0.1) is 10.2 Å². The van der Waals surface area contributed by atoms with E-state index < -0.39 is 17.6 Å². The van der Waals surface area contributed by atoms with Crippen molar-refractivity contribution in [1.29, 1.82) is 0 Å². The molecule has 0 fully saturated rings. The van der Waals surface area contributed by atoms with Gasteiger partial charge < -0.3 is 10.1 Å². The normalized spacial score (nSPS) is 11.5. The maximum absolute atomic E-state index is 12.9. The van der Waals surface area contributed by atoms with Gasteiger partial charge in [0.2, 0.25) is 0 Å². The molecule has 3 heterocycles. The number of hydrogen-bond donors (Lipinski definition) is 1. The standard InChI is InChI=1S/C14H11F3N6O2/c1-25-13-19-5-8(6-20-13)12(24)18-7-10-21-22-11-9(14(15,16)17)3-2-4-23(10)11/h2-6H,7H2,1H3,(H,18,24). The molecule has 0 aliphatic rings. The van der Waals surface area contributed by atoms with Crippen molar-refractivity contribution in [2.75, 3.05) is 7.11 Å². The fourth-order valence-corrected chi connectivity index (χ4v) is 2.11. The second-order valence-corrected chi connectivity index (χ2v) is 4.87. The number of pyridine rings is 1.